The van der Waals surface area contributed by atoms with Gasteiger partial charge >= 0.3 is 0 Å². The number of nitrogens with one attached hydrogen (secondary N) is 2. The van der Waals surface area contributed by atoms with Crippen LogP contribution in [0.15, 0.2) is 16.3 Å². The fourth-order valence-corrected chi connectivity index (χ4v) is 2.81. The minimum absolute atomic E-state index is 0.0345. The minimum Gasteiger partial charge on any atom is -0.350 e. The average Bonchev–Trinajstić information content (AvgIpc) is 2.72. The zero-order valence-corrected chi connectivity index (χ0v) is 10.6. The second kappa shape index (κ2) is 6.87. The molecule has 0 aromatic carbocycles. The van der Waals surface area contributed by atoms with Crippen LogP contribution in [0.2, 0.25) is 0 Å². The number of rotatable bonds is 6. The molecular weight excluding hydrogens is 228 g/mol. The van der Waals surface area contributed by atoms with E-state index >= 15 is 0 Å². The summed E-state index contributed by atoms with van der Waals surface area (Å²) in [7, 11) is 0. The summed E-state index contributed by atoms with van der Waals surface area (Å²) in [6.45, 7) is 4.48. The number of amides is 1. The van der Waals surface area contributed by atoms with Gasteiger partial charge in [-0.1, -0.05) is 6.92 Å². The van der Waals surface area contributed by atoms with Gasteiger partial charge < -0.3 is 10.6 Å². The predicted molar refractivity (Wildman–Crippen MR) is 67.0 cm³/mol. The summed E-state index contributed by atoms with van der Waals surface area (Å²) < 4.78 is 0. The highest BCUT2D eigenvalue weighted by molar-refractivity contribution is 7.98. The lowest BCUT2D eigenvalue weighted by molar-refractivity contribution is 0.0955. The standard InChI is InChI=1S/C10H16N2OS2/c1-3-11-5-6-12-10(13)9-8(14-2)4-7-15-9/h4,7,11H,3,5-6H2,1-2H3,(H,12,13). The van der Waals surface area contributed by atoms with Crippen molar-refractivity contribution in [1.29, 1.82) is 0 Å². The fourth-order valence-electron chi connectivity index (χ4n) is 1.15. The highest BCUT2D eigenvalue weighted by atomic mass is 32.2. The van der Waals surface area contributed by atoms with Crippen molar-refractivity contribution < 1.29 is 4.79 Å². The Labute approximate surface area is 98.6 Å². The van der Waals surface area contributed by atoms with E-state index in [-0.39, 0.29) is 5.91 Å². The van der Waals surface area contributed by atoms with Gasteiger partial charge in [-0.15, -0.1) is 23.1 Å². The van der Waals surface area contributed by atoms with E-state index in [4.69, 9.17) is 0 Å². The van der Waals surface area contributed by atoms with Gasteiger partial charge in [-0.25, -0.2) is 0 Å². The van der Waals surface area contributed by atoms with Crippen molar-refractivity contribution in [3.63, 3.8) is 0 Å². The first-order chi connectivity index (χ1) is 7.29. The van der Waals surface area contributed by atoms with Gasteiger partial charge in [0.1, 0.15) is 4.88 Å². The first kappa shape index (κ1) is 12.5. The lowest BCUT2D eigenvalue weighted by atomic mass is 10.4. The van der Waals surface area contributed by atoms with Crippen molar-refractivity contribution in [2.75, 3.05) is 25.9 Å². The second-order valence-electron chi connectivity index (χ2n) is 2.93. The zero-order chi connectivity index (χ0) is 11.1. The Hall–Kier alpha value is -0.520. The van der Waals surface area contributed by atoms with Crippen molar-refractivity contribution in [1.82, 2.24) is 10.6 Å². The highest BCUT2D eigenvalue weighted by Crippen LogP contribution is 2.25. The maximum Gasteiger partial charge on any atom is 0.262 e. The maximum atomic E-state index is 11.7. The third-order valence-corrected chi connectivity index (χ3v) is 3.71. The lowest BCUT2D eigenvalue weighted by Gasteiger charge is -2.05. The van der Waals surface area contributed by atoms with Gasteiger partial charge in [-0.2, -0.15) is 0 Å². The van der Waals surface area contributed by atoms with Gasteiger partial charge in [-0.05, 0) is 24.2 Å². The Kier molecular flexibility index (Phi) is 5.75. The van der Waals surface area contributed by atoms with Crippen LogP contribution in [0, 0.1) is 0 Å². The summed E-state index contributed by atoms with van der Waals surface area (Å²) in [5.74, 6) is 0.0345. The molecule has 0 spiro atoms. The Morgan fingerprint density at radius 3 is 3.00 bits per heavy atom. The van der Waals surface area contributed by atoms with E-state index in [0.717, 1.165) is 22.9 Å². The van der Waals surface area contributed by atoms with E-state index in [2.05, 4.69) is 10.6 Å². The number of carbonyl (C=O) groups is 1. The van der Waals surface area contributed by atoms with E-state index < -0.39 is 0 Å². The monoisotopic (exact) mass is 244 g/mol. The molecule has 15 heavy (non-hydrogen) atoms. The topological polar surface area (TPSA) is 41.1 Å². The molecule has 0 bridgehead atoms. The van der Waals surface area contributed by atoms with Crippen LogP contribution in [0.1, 0.15) is 16.6 Å². The fraction of sp³-hybridized carbons (Fsp3) is 0.500. The Bertz CT molecular complexity index is 312. The summed E-state index contributed by atoms with van der Waals surface area (Å²) >= 11 is 3.10. The molecule has 1 rings (SSSR count). The molecule has 0 atom stereocenters. The largest absolute Gasteiger partial charge is 0.350 e. The molecule has 5 heteroatoms. The molecule has 3 nitrogen and oxygen atoms in total. The molecule has 1 aromatic rings. The van der Waals surface area contributed by atoms with Crippen molar-refractivity contribution in [2.24, 2.45) is 0 Å². The van der Waals surface area contributed by atoms with E-state index in [1.54, 1.807) is 11.8 Å². The lowest BCUT2D eigenvalue weighted by Crippen LogP contribution is -2.31. The molecule has 1 heterocycles. The Morgan fingerprint density at radius 1 is 1.53 bits per heavy atom. The first-order valence-electron chi connectivity index (χ1n) is 4.90. The van der Waals surface area contributed by atoms with E-state index in [0.29, 0.717) is 6.54 Å². The van der Waals surface area contributed by atoms with Gasteiger partial charge in [0.2, 0.25) is 0 Å². The Morgan fingerprint density at radius 2 is 2.33 bits per heavy atom. The predicted octanol–water partition coefficient (Wildman–Crippen LogP) is 1.81. The number of thioether (sulfide) groups is 1. The van der Waals surface area contributed by atoms with Crippen LogP contribution in [-0.4, -0.2) is 31.8 Å². The average molecular weight is 244 g/mol. The normalized spacial score (nSPS) is 10.3. The molecule has 0 aliphatic rings. The van der Waals surface area contributed by atoms with Crippen LogP contribution in [0.4, 0.5) is 0 Å². The van der Waals surface area contributed by atoms with Crippen molar-refractivity contribution in [3.05, 3.63) is 16.3 Å². The summed E-state index contributed by atoms with van der Waals surface area (Å²) in [5, 5.41) is 8.00. The molecule has 2 N–H and O–H groups in total. The van der Waals surface area contributed by atoms with Crippen LogP contribution in [0.25, 0.3) is 0 Å². The molecule has 1 aromatic heterocycles. The van der Waals surface area contributed by atoms with Crippen LogP contribution in [0.3, 0.4) is 0 Å². The minimum atomic E-state index is 0.0345. The molecule has 0 unspecified atom stereocenters. The van der Waals surface area contributed by atoms with E-state index in [1.807, 2.05) is 24.6 Å². The first-order valence-corrected chi connectivity index (χ1v) is 7.00. The maximum absolute atomic E-state index is 11.7. The molecule has 84 valence electrons. The molecule has 0 aliphatic carbocycles. The van der Waals surface area contributed by atoms with Gasteiger partial charge in [0, 0.05) is 18.0 Å². The third kappa shape index (κ3) is 3.85. The van der Waals surface area contributed by atoms with Crippen molar-refractivity contribution >= 4 is 29.0 Å². The number of hydrogen-bond donors (Lipinski definition) is 2. The van der Waals surface area contributed by atoms with Gasteiger partial charge in [-0.3, -0.25) is 4.79 Å². The number of carbonyl (C=O) groups excluding carboxylic acids is 1. The zero-order valence-electron chi connectivity index (χ0n) is 9.00. The molecule has 0 radical (unpaired) electrons. The van der Waals surface area contributed by atoms with Crippen molar-refractivity contribution in [2.45, 2.75) is 11.8 Å². The molecule has 0 aliphatic heterocycles. The molecular formula is C10H16N2OS2. The van der Waals surface area contributed by atoms with Crippen LogP contribution >= 0.6 is 23.1 Å². The third-order valence-electron chi connectivity index (χ3n) is 1.89. The molecule has 1 amide bonds. The summed E-state index contributed by atoms with van der Waals surface area (Å²) in [4.78, 5) is 13.6. The van der Waals surface area contributed by atoms with Crippen LogP contribution in [0.5, 0.6) is 0 Å². The van der Waals surface area contributed by atoms with E-state index in [9.17, 15) is 4.79 Å². The number of hydrogen-bond acceptors (Lipinski definition) is 4. The summed E-state index contributed by atoms with van der Waals surface area (Å²) in [5.41, 5.74) is 0. The highest BCUT2D eigenvalue weighted by Gasteiger charge is 2.11. The SMILES string of the molecule is CCNCCNC(=O)c1sccc1SC. The van der Waals surface area contributed by atoms with E-state index in [1.165, 1.54) is 11.3 Å². The number of likely N-dealkylation sites (N-methyl/N-ethyl adjacent to an activating group) is 1. The Balaban J connectivity index is 2.40. The van der Waals surface area contributed by atoms with Crippen molar-refractivity contribution in [3.8, 4) is 0 Å². The van der Waals surface area contributed by atoms with Gasteiger partial charge in [0.25, 0.3) is 5.91 Å². The summed E-state index contributed by atoms with van der Waals surface area (Å²) in [6, 6.07) is 1.98. The van der Waals surface area contributed by atoms with Gasteiger partial charge in [0.05, 0.1) is 0 Å². The van der Waals surface area contributed by atoms with Gasteiger partial charge in [0.15, 0.2) is 0 Å². The smallest absolute Gasteiger partial charge is 0.262 e. The quantitative estimate of drug-likeness (QED) is 0.592. The molecule has 0 fully saturated rings. The summed E-state index contributed by atoms with van der Waals surface area (Å²) in [6.07, 6.45) is 1.98. The number of thiophene rings is 1. The van der Waals surface area contributed by atoms with Crippen LogP contribution in [-0.2, 0) is 0 Å². The molecule has 0 saturated heterocycles. The molecule has 0 saturated carbocycles. The second-order valence-corrected chi connectivity index (χ2v) is 4.69. The van der Waals surface area contributed by atoms with Crippen LogP contribution < -0.4 is 10.6 Å².